The minimum atomic E-state index is -1.03. The van der Waals surface area contributed by atoms with Gasteiger partial charge in [-0.25, -0.2) is 4.79 Å². The van der Waals surface area contributed by atoms with Gasteiger partial charge in [-0.2, -0.15) is 0 Å². The van der Waals surface area contributed by atoms with Gasteiger partial charge in [0.05, 0.1) is 12.2 Å². The molecule has 0 saturated heterocycles. The molecule has 6 heteroatoms. The van der Waals surface area contributed by atoms with Crippen molar-refractivity contribution in [1.82, 2.24) is 9.97 Å². The van der Waals surface area contributed by atoms with Gasteiger partial charge >= 0.3 is 5.97 Å². The summed E-state index contributed by atoms with van der Waals surface area (Å²) >= 11 is 0. The van der Waals surface area contributed by atoms with Crippen molar-refractivity contribution in [3.05, 3.63) is 52.2 Å². The van der Waals surface area contributed by atoms with Crippen LogP contribution in [-0.4, -0.2) is 21.0 Å². The second kappa shape index (κ2) is 4.56. The SMILES string of the molecule is O=C(O)c1[nH]ccc1NCc1cccc(=O)[nH]1. The van der Waals surface area contributed by atoms with Crippen molar-refractivity contribution in [2.24, 2.45) is 0 Å². The van der Waals surface area contributed by atoms with Crippen LogP contribution in [0, 0.1) is 0 Å². The van der Waals surface area contributed by atoms with E-state index in [1.165, 1.54) is 6.07 Å². The molecule has 4 N–H and O–H groups in total. The molecule has 2 heterocycles. The number of aromatic nitrogens is 2. The topological polar surface area (TPSA) is 98.0 Å². The Labute approximate surface area is 96.3 Å². The number of rotatable bonds is 4. The van der Waals surface area contributed by atoms with Gasteiger partial charge in [-0.15, -0.1) is 0 Å². The second-order valence-corrected chi connectivity index (χ2v) is 3.47. The van der Waals surface area contributed by atoms with Crippen LogP contribution < -0.4 is 10.9 Å². The number of anilines is 1. The molecule has 0 aliphatic heterocycles. The minimum absolute atomic E-state index is 0.100. The van der Waals surface area contributed by atoms with E-state index in [0.29, 0.717) is 17.9 Å². The standard InChI is InChI=1S/C11H11N3O3/c15-9-3-1-2-7(14-9)6-13-8-4-5-12-10(8)11(16)17/h1-5,12-13H,6H2,(H,14,15)(H,16,17). The van der Waals surface area contributed by atoms with Crippen molar-refractivity contribution in [3.63, 3.8) is 0 Å². The first-order chi connectivity index (χ1) is 8.16. The zero-order valence-electron chi connectivity index (χ0n) is 8.86. The maximum absolute atomic E-state index is 11.0. The molecule has 0 amide bonds. The maximum atomic E-state index is 11.0. The van der Waals surface area contributed by atoms with Crippen molar-refractivity contribution >= 4 is 11.7 Å². The van der Waals surface area contributed by atoms with Crippen molar-refractivity contribution in [1.29, 1.82) is 0 Å². The van der Waals surface area contributed by atoms with Gasteiger partial charge in [0.15, 0.2) is 0 Å². The quantitative estimate of drug-likeness (QED) is 0.633. The third kappa shape index (κ3) is 2.54. The molecule has 88 valence electrons. The van der Waals surface area contributed by atoms with Gasteiger partial charge in [0.2, 0.25) is 5.56 Å². The van der Waals surface area contributed by atoms with Crippen LogP contribution in [0.3, 0.4) is 0 Å². The fourth-order valence-electron chi connectivity index (χ4n) is 1.48. The molecule has 0 bridgehead atoms. The molecular weight excluding hydrogens is 222 g/mol. The first-order valence-electron chi connectivity index (χ1n) is 4.99. The minimum Gasteiger partial charge on any atom is -0.477 e. The van der Waals surface area contributed by atoms with Gasteiger partial charge in [-0.3, -0.25) is 4.79 Å². The van der Waals surface area contributed by atoms with Crippen LogP contribution in [0.25, 0.3) is 0 Å². The summed E-state index contributed by atoms with van der Waals surface area (Å²) in [5, 5.41) is 11.8. The van der Waals surface area contributed by atoms with Crippen molar-refractivity contribution in [3.8, 4) is 0 Å². The van der Waals surface area contributed by atoms with Crippen LogP contribution in [0.4, 0.5) is 5.69 Å². The number of carboxylic acid groups (broad SMARTS) is 1. The zero-order chi connectivity index (χ0) is 12.3. The van der Waals surface area contributed by atoms with E-state index in [-0.39, 0.29) is 11.3 Å². The molecule has 0 aromatic carbocycles. The molecule has 0 radical (unpaired) electrons. The van der Waals surface area contributed by atoms with Gasteiger partial charge in [0, 0.05) is 18.0 Å². The van der Waals surface area contributed by atoms with Gasteiger partial charge in [-0.05, 0) is 12.1 Å². The van der Waals surface area contributed by atoms with Crippen LogP contribution >= 0.6 is 0 Å². The number of carbonyl (C=O) groups is 1. The Bertz CT molecular complexity index is 585. The van der Waals surface area contributed by atoms with Gasteiger partial charge < -0.3 is 20.4 Å². The zero-order valence-corrected chi connectivity index (χ0v) is 8.86. The fraction of sp³-hybridized carbons (Fsp3) is 0.0909. The van der Waals surface area contributed by atoms with Crippen molar-refractivity contribution < 1.29 is 9.90 Å². The normalized spacial score (nSPS) is 10.1. The number of hydrogen-bond donors (Lipinski definition) is 4. The van der Waals surface area contributed by atoms with E-state index >= 15 is 0 Å². The summed E-state index contributed by atoms with van der Waals surface area (Å²) < 4.78 is 0. The lowest BCUT2D eigenvalue weighted by molar-refractivity contribution is 0.0692. The van der Waals surface area contributed by atoms with E-state index in [1.54, 1.807) is 24.4 Å². The molecular formula is C11H11N3O3. The number of hydrogen-bond acceptors (Lipinski definition) is 3. The number of H-pyrrole nitrogens is 2. The Morgan fingerprint density at radius 1 is 1.35 bits per heavy atom. The summed E-state index contributed by atoms with van der Waals surface area (Å²) in [7, 11) is 0. The molecule has 0 saturated carbocycles. The molecule has 0 fully saturated rings. The predicted molar refractivity (Wildman–Crippen MR) is 62.1 cm³/mol. The smallest absolute Gasteiger partial charge is 0.354 e. The molecule has 17 heavy (non-hydrogen) atoms. The van der Waals surface area contributed by atoms with Crippen LogP contribution in [0.1, 0.15) is 16.2 Å². The average Bonchev–Trinajstić information content (AvgIpc) is 2.74. The van der Waals surface area contributed by atoms with E-state index < -0.39 is 5.97 Å². The van der Waals surface area contributed by atoms with E-state index in [4.69, 9.17) is 5.11 Å². The lowest BCUT2D eigenvalue weighted by atomic mass is 10.3. The Hall–Kier alpha value is -2.50. The summed E-state index contributed by atoms with van der Waals surface area (Å²) in [6.07, 6.45) is 1.54. The monoisotopic (exact) mass is 233 g/mol. The summed E-state index contributed by atoms with van der Waals surface area (Å²) in [4.78, 5) is 27.1. The number of carboxylic acids is 1. The van der Waals surface area contributed by atoms with E-state index in [9.17, 15) is 9.59 Å². The number of aromatic amines is 2. The average molecular weight is 233 g/mol. The fourth-order valence-corrected chi connectivity index (χ4v) is 1.48. The van der Waals surface area contributed by atoms with E-state index in [0.717, 1.165) is 0 Å². The third-order valence-electron chi connectivity index (χ3n) is 2.26. The maximum Gasteiger partial charge on any atom is 0.354 e. The highest BCUT2D eigenvalue weighted by Crippen LogP contribution is 2.13. The van der Waals surface area contributed by atoms with Crippen LogP contribution in [-0.2, 0) is 6.54 Å². The lowest BCUT2D eigenvalue weighted by Gasteiger charge is -2.05. The Balaban J connectivity index is 2.10. The number of pyridine rings is 1. The first kappa shape index (κ1) is 11.0. The number of nitrogens with one attached hydrogen (secondary N) is 3. The Morgan fingerprint density at radius 2 is 2.18 bits per heavy atom. The summed E-state index contributed by atoms with van der Waals surface area (Å²) in [5.74, 6) is -1.03. The molecule has 2 rings (SSSR count). The highest BCUT2D eigenvalue weighted by Gasteiger charge is 2.10. The van der Waals surface area contributed by atoms with Crippen LogP contribution in [0.15, 0.2) is 35.3 Å². The van der Waals surface area contributed by atoms with Gasteiger partial charge in [0.25, 0.3) is 0 Å². The molecule has 0 unspecified atom stereocenters. The summed E-state index contributed by atoms with van der Waals surface area (Å²) in [6.45, 7) is 0.355. The van der Waals surface area contributed by atoms with Crippen LogP contribution in [0.2, 0.25) is 0 Å². The molecule has 0 atom stereocenters. The van der Waals surface area contributed by atoms with Crippen molar-refractivity contribution in [2.75, 3.05) is 5.32 Å². The largest absolute Gasteiger partial charge is 0.477 e. The summed E-state index contributed by atoms with van der Waals surface area (Å²) in [6, 6.07) is 6.44. The third-order valence-corrected chi connectivity index (χ3v) is 2.26. The number of aromatic carboxylic acids is 1. The molecule has 6 nitrogen and oxygen atoms in total. The second-order valence-electron chi connectivity index (χ2n) is 3.47. The van der Waals surface area contributed by atoms with Gasteiger partial charge in [0.1, 0.15) is 5.69 Å². The summed E-state index contributed by atoms with van der Waals surface area (Å²) in [5.41, 5.74) is 1.09. The Morgan fingerprint density at radius 3 is 2.88 bits per heavy atom. The molecule has 2 aromatic heterocycles. The molecule has 0 spiro atoms. The first-order valence-corrected chi connectivity index (χ1v) is 4.99. The Kier molecular flexibility index (Phi) is 2.95. The van der Waals surface area contributed by atoms with Crippen LogP contribution in [0.5, 0.6) is 0 Å². The molecule has 0 aliphatic carbocycles. The van der Waals surface area contributed by atoms with Gasteiger partial charge in [-0.1, -0.05) is 6.07 Å². The molecule has 0 aliphatic rings. The highest BCUT2D eigenvalue weighted by atomic mass is 16.4. The molecule has 2 aromatic rings. The highest BCUT2D eigenvalue weighted by molar-refractivity contribution is 5.92. The predicted octanol–water partition coefficient (Wildman–Crippen LogP) is 1.01. The van der Waals surface area contributed by atoms with Crippen molar-refractivity contribution in [2.45, 2.75) is 6.54 Å². The lowest BCUT2D eigenvalue weighted by Crippen LogP contribution is -2.11. The van der Waals surface area contributed by atoms with E-state index in [2.05, 4.69) is 15.3 Å². The van der Waals surface area contributed by atoms with E-state index in [1.807, 2.05) is 0 Å².